The summed E-state index contributed by atoms with van der Waals surface area (Å²) in [5.74, 6) is 0.476. The molecule has 0 atom stereocenters. The summed E-state index contributed by atoms with van der Waals surface area (Å²) in [6.07, 6.45) is 3.97. The molecule has 0 spiro atoms. The van der Waals surface area contributed by atoms with E-state index in [1.165, 1.54) is 0 Å². The van der Waals surface area contributed by atoms with Gasteiger partial charge in [0, 0.05) is 10.6 Å². The van der Waals surface area contributed by atoms with Crippen molar-refractivity contribution in [2.75, 3.05) is 11.9 Å². The first-order valence-electron chi connectivity index (χ1n) is 10.0. The van der Waals surface area contributed by atoms with Crippen molar-refractivity contribution >= 4 is 29.2 Å². The van der Waals surface area contributed by atoms with Crippen LogP contribution in [0.2, 0.25) is 5.02 Å². The van der Waals surface area contributed by atoms with Gasteiger partial charge >= 0.3 is 5.97 Å². The van der Waals surface area contributed by atoms with Gasteiger partial charge in [0.2, 0.25) is 0 Å². The zero-order valence-electron chi connectivity index (χ0n) is 16.7. The second-order valence-electron chi connectivity index (χ2n) is 7.13. The Labute approximate surface area is 180 Å². The number of para-hydroxylation sites is 1. The second-order valence-corrected chi connectivity index (χ2v) is 7.57. The molecule has 2 heterocycles. The predicted octanol–water partition coefficient (Wildman–Crippen LogP) is 3.86. The van der Waals surface area contributed by atoms with E-state index in [0.717, 1.165) is 36.5 Å². The van der Waals surface area contributed by atoms with Crippen molar-refractivity contribution in [3.8, 4) is 11.3 Å². The Hall–Kier alpha value is -3.12. The van der Waals surface area contributed by atoms with E-state index in [0.29, 0.717) is 16.3 Å². The van der Waals surface area contributed by atoms with E-state index in [1.807, 2.05) is 35.0 Å². The number of rotatable bonds is 6. The van der Waals surface area contributed by atoms with Gasteiger partial charge in [0.15, 0.2) is 12.2 Å². The van der Waals surface area contributed by atoms with Gasteiger partial charge in [-0.3, -0.25) is 4.79 Å². The van der Waals surface area contributed by atoms with Crippen molar-refractivity contribution in [1.29, 1.82) is 0 Å². The maximum atomic E-state index is 12.8. The smallest absolute Gasteiger partial charge is 0.340 e. The minimum atomic E-state index is -0.448. The molecule has 3 aromatic rings. The summed E-state index contributed by atoms with van der Waals surface area (Å²) in [6, 6.07) is 14.6. The van der Waals surface area contributed by atoms with Crippen LogP contribution in [0.1, 0.15) is 29.5 Å². The lowest BCUT2D eigenvalue weighted by molar-refractivity contribution is -0.690. The Morgan fingerprint density at radius 3 is 2.70 bits per heavy atom. The highest BCUT2D eigenvalue weighted by atomic mass is 35.5. The number of carbonyl (C=O) groups excluding carboxylic acids is 2. The van der Waals surface area contributed by atoms with Crippen LogP contribution in [0.4, 0.5) is 5.69 Å². The number of hydrogen-bond acceptors (Lipinski definition) is 3. The van der Waals surface area contributed by atoms with E-state index in [-0.39, 0.29) is 19.1 Å². The highest BCUT2D eigenvalue weighted by Crippen LogP contribution is 2.26. The molecule has 1 aliphatic heterocycles. The van der Waals surface area contributed by atoms with Crippen molar-refractivity contribution < 1.29 is 18.9 Å². The number of carbonyl (C=O) groups is 2. The number of nitrogens with zero attached hydrogens (tertiary/aromatic N) is 2. The molecule has 1 amide bonds. The molecule has 1 aliphatic rings. The van der Waals surface area contributed by atoms with E-state index in [1.54, 1.807) is 31.2 Å². The van der Waals surface area contributed by atoms with E-state index in [4.69, 9.17) is 16.3 Å². The lowest BCUT2D eigenvalue weighted by atomic mass is 10.1. The fourth-order valence-corrected chi connectivity index (χ4v) is 3.95. The highest BCUT2D eigenvalue weighted by Gasteiger charge is 2.29. The molecule has 154 valence electrons. The van der Waals surface area contributed by atoms with Gasteiger partial charge in [-0.25, -0.2) is 13.9 Å². The second kappa shape index (κ2) is 8.71. The van der Waals surface area contributed by atoms with E-state index in [9.17, 15) is 9.59 Å². The van der Waals surface area contributed by atoms with Gasteiger partial charge in [-0.05, 0) is 49.7 Å². The number of halogens is 1. The molecule has 7 heteroatoms. The largest absolute Gasteiger partial charge is 0.462 e. The summed E-state index contributed by atoms with van der Waals surface area (Å²) in [5.41, 5.74) is 2.94. The molecule has 0 unspecified atom stereocenters. The maximum Gasteiger partial charge on any atom is 0.340 e. The molecule has 6 nitrogen and oxygen atoms in total. The van der Waals surface area contributed by atoms with Crippen molar-refractivity contribution in [2.45, 2.75) is 32.9 Å². The van der Waals surface area contributed by atoms with Gasteiger partial charge in [0.25, 0.3) is 11.7 Å². The van der Waals surface area contributed by atoms with E-state index >= 15 is 0 Å². The van der Waals surface area contributed by atoms with Crippen LogP contribution in [0.5, 0.6) is 0 Å². The van der Waals surface area contributed by atoms with Crippen molar-refractivity contribution in [2.24, 2.45) is 0 Å². The molecule has 1 N–H and O–H groups in total. The van der Waals surface area contributed by atoms with Crippen LogP contribution in [0.25, 0.3) is 11.3 Å². The lowest BCUT2D eigenvalue weighted by Gasteiger charge is -2.09. The quantitative estimate of drug-likeness (QED) is 0.482. The van der Waals surface area contributed by atoms with Gasteiger partial charge in [-0.15, -0.1) is 0 Å². The summed E-state index contributed by atoms with van der Waals surface area (Å²) in [7, 11) is 0. The Kier molecular flexibility index (Phi) is 5.86. The molecule has 1 aromatic heterocycles. The van der Waals surface area contributed by atoms with Gasteiger partial charge in [-0.1, -0.05) is 23.7 Å². The normalized spacial score (nSPS) is 12.5. The third-order valence-electron chi connectivity index (χ3n) is 5.14. The standard InChI is InChI=1S/C23H22ClN3O3/c1-2-30-23(29)18-6-3-4-7-19(18)25-21(28)15-26-14-20(27-13-5-8-22(26)27)16-9-11-17(24)12-10-16/h3-4,6-7,9-12,14H,2,5,8,13,15H2,1H3/p+1. The van der Waals surface area contributed by atoms with E-state index in [2.05, 4.69) is 9.88 Å². The summed E-state index contributed by atoms with van der Waals surface area (Å²) in [4.78, 5) is 24.9. The number of ether oxygens (including phenoxy) is 1. The first-order valence-corrected chi connectivity index (χ1v) is 10.4. The van der Waals surface area contributed by atoms with Gasteiger partial charge in [0.05, 0.1) is 30.8 Å². The number of esters is 1. The van der Waals surface area contributed by atoms with E-state index < -0.39 is 5.97 Å². The zero-order valence-corrected chi connectivity index (χ0v) is 17.5. The summed E-state index contributed by atoms with van der Waals surface area (Å²) >= 11 is 6.02. The highest BCUT2D eigenvalue weighted by molar-refractivity contribution is 6.30. The Balaban J connectivity index is 1.56. The summed E-state index contributed by atoms with van der Waals surface area (Å²) in [5, 5.41) is 3.55. The minimum absolute atomic E-state index is 0.167. The minimum Gasteiger partial charge on any atom is -0.462 e. The Morgan fingerprint density at radius 2 is 1.93 bits per heavy atom. The third-order valence-corrected chi connectivity index (χ3v) is 5.40. The van der Waals surface area contributed by atoms with Crippen LogP contribution >= 0.6 is 11.6 Å². The van der Waals surface area contributed by atoms with Crippen LogP contribution in [0, 0.1) is 0 Å². The summed E-state index contributed by atoms with van der Waals surface area (Å²) < 4.78 is 9.32. The lowest BCUT2D eigenvalue weighted by Crippen LogP contribution is -2.42. The number of aromatic nitrogens is 2. The Morgan fingerprint density at radius 1 is 1.17 bits per heavy atom. The maximum absolute atomic E-state index is 12.8. The van der Waals surface area contributed by atoms with Crippen LogP contribution in [-0.4, -0.2) is 23.1 Å². The first-order chi connectivity index (χ1) is 14.6. The van der Waals surface area contributed by atoms with Crippen molar-refractivity contribution in [3.05, 3.63) is 71.1 Å². The number of benzene rings is 2. The summed E-state index contributed by atoms with van der Waals surface area (Å²) in [6.45, 7) is 3.12. The first kappa shape index (κ1) is 20.2. The molecule has 0 aliphatic carbocycles. The van der Waals surface area contributed by atoms with Crippen molar-refractivity contribution in [3.63, 3.8) is 0 Å². The number of imidazole rings is 1. The number of nitrogens with one attached hydrogen (secondary N) is 1. The van der Waals surface area contributed by atoms with Crippen LogP contribution in [0.3, 0.4) is 0 Å². The fraction of sp³-hybridized carbons (Fsp3) is 0.261. The molecular formula is C23H23ClN3O3+. The number of fused-ring (bicyclic) bond motifs is 1. The van der Waals surface area contributed by atoms with Crippen LogP contribution in [0.15, 0.2) is 54.7 Å². The molecule has 0 saturated carbocycles. The molecule has 0 bridgehead atoms. The van der Waals surface area contributed by atoms with Gasteiger partial charge in [0.1, 0.15) is 6.20 Å². The average molecular weight is 425 g/mol. The number of anilines is 1. The predicted molar refractivity (Wildman–Crippen MR) is 114 cm³/mol. The molecular weight excluding hydrogens is 402 g/mol. The molecule has 0 fully saturated rings. The van der Waals surface area contributed by atoms with Crippen LogP contribution < -0.4 is 9.88 Å². The average Bonchev–Trinajstić information content (AvgIpc) is 3.33. The molecule has 2 aromatic carbocycles. The number of amides is 1. The molecule has 0 radical (unpaired) electrons. The topological polar surface area (TPSA) is 64.2 Å². The molecule has 0 saturated heterocycles. The monoisotopic (exact) mass is 424 g/mol. The third kappa shape index (κ3) is 4.09. The van der Waals surface area contributed by atoms with Gasteiger partial charge in [-0.2, -0.15) is 0 Å². The Bertz CT molecular complexity index is 1090. The van der Waals surface area contributed by atoms with Crippen molar-refractivity contribution in [1.82, 2.24) is 4.57 Å². The molecule has 30 heavy (non-hydrogen) atoms. The fourth-order valence-electron chi connectivity index (χ4n) is 3.82. The molecule has 4 rings (SSSR count). The van der Waals surface area contributed by atoms with Gasteiger partial charge < -0.3 is 10.1 Å². The van der Waals surface area contributed by atoms with Crippen LogP contribution in [-0.2, 0) is 29.0 Å². The number of hydrogen-bond donors (Lipinski definition) is 1. The SMILES string of the molecule is CCOC(=O)c1ccccc1NC(=O)C[n+]1cc(-c2ccc(Cl)cc2)n2c1CCC2. The zero-order chi connectivity index (χ0) is 21.1.